The van der Waals surface area contributed by atoms with Crippen LogP contribution >= 0.6 is 0 Å². The Bertz CT molecular complexity index is 1860. The van der Waals surface area contributed by atoms with Gasteiger partial charge in [-0.3, -0.25) is 4.90 Å². The zero-order valence-electron chi connectivity index (χ0n) is 36.0. The van der Waals surface area contributed by atoms with Crippen molar-refractivity contribution in [3.05, 3.63) is 81.7 Å². The summed E-state index contributed by atoms with van der Waals surface area (Å²) in [5, 5.41) is 9.83. The first-order valence-electron chi connectivity index (χ1n) is 21.7. The number of unbranched alkanes of at least 4 members (excludes halogenated alkanes) is 1. The number of likely N-dealkylation sites (tertiary alicyclic amines) is 1. The van der Waals surface area contributed by atoms with Crippen molar-refractivity contribution in [2.75, 3.05) is 80.7 Å². The molecule has 3 aliphatic heterocycles. The summed E-state index contributed by atoms with van der Waals surface area (Å²) in [6.45, 7) is 9.25. The quantitative estimate of drug-likeness (QED) is 0.111. The topological polar surface area (TPSA) is 147 Å². The number of rotatable bonds is 20. The number of amides is 1. The fourth-order valence-corrected chi connectivity index (χ4v) is 9.67. The molecule has 0 spiro atoms. The van der Waals surface area contributed by atoms with E-state index in [1.165, 1.54) is 20.0 Å². The Balaban J connectivity index is 0.773. The lowest BCUT2D eigenvalue weighted by Gasteiger charge is -2.45. The van der Waals surface area contributed by atoms with Crippen molar-refractivity contribution in [3.8, 4) is 11.5 Å². The van der Waals surface area contributed by atoms with E-state index in [1.54, 1.807) is 14.2 Å². The predicted octanol–water partition coefficient (Wildman–Crippen LogP) is 5.67. The van der Waals surface area contributed by atoms with Crippen LogP contribution in [0.5, 0.6) is 11.5 Å². The van der Waals surface area contributed by atoms with Gasteiger partial charge in [-0.25, -0.2) is 9.59 Å². The fraction of sp³-hybridized carbons (Fsp3) is 0.609. The molecule has 2 unspecified atom stereocenters. The first-order chi connectivity index (χ1) is 29.2. The van der Waals surface area contributed by atoms with Gasteiger partial charge in [0.1, 0.15) is 6.10 Å². The van der Waals surface area contributed by atoms with Crippen LogP contribution in [0.3, 0.4) is 0 Å². The SMILES string of the molecule is COC(=O)C1=C(COCCNCCCCNC(=O)O[C@@H]2CCN([C@@H]3CCCC[C@H]3OCCc3ccc(OC)c(OC)c3)C2)NC(C)=C2C1c1ccccc1C2C1(C)OCO1. The molecule has 2 saturated heterocycles. The normalized spacial score (nSPS) is 24.6. The lowest BCUT2D eigenvalue weighted by molar-refractivity contribution is -0.394. The highest BCUT2D eigenvalue weighted by atomic mass is 16.9. The van der Waals surface area contributed by atoms with Crippen LogP contribution in [0, 0.1) is 0 Å². The fourth-order valence-electron chi connectivity index (χ4n) is 9.67. The number of methoxy groups -OCH3 is 3. The number of esters is 1. The molecule has 1 amide bonds. The number of benzene rings is 2. The molecule has 14 heteroatoms. The van der Waals surface area contributed by atoms with E-state index in [1.807, 2.05) is 38.1 Å². The minimum absolute atomic E-state index is 0.114. The zero-order valence-corrected chi connectivity index (χ0v) is 36.0. The lowest BCUT2D eigenvalue weighted by atomic mass is 9.80. The van der Waals surface area contributed by atoms with Crippen molar-refractivity contribution in [2.45, 2.75) is 101 Å². The average molecular weight is 833 g/mol. The molecule has 1 saturated carbocycles. The highest BCUT2D eigenvalue weighted by Crippen LogP contribution is 2.58. The van der Waals surface area contributed by atoms with Crippen molar-refractivity contribution in [3.63, 3.8) is 0 Å². The molecule has 3 heterocycles. The maximum atomic E-state index is 13.3. The first-order valence-corrected chi connectivity index (χ1v) is 21.7. The third kappa shape index (κ3) is 9.95. The van der Waals surface area contributed by atoms with Gasteiger partial charge in [-0.05, 0) is 93.3 Å². The second kappa shape index (κ2) is 20.6. The predicted molar refractivity (Wildman–Crippen MR) is 225 cm³/mol. The van der Waals surface area contributed by atoms with Gasteiger partial charge in [0.15, 0.2) is 24.1 Å². The van der Waals surface area contributed by atoms with E-state index in [2.05, 4.69) is 39.0 Å². The van der Waals surface area contributed by atoms with Gasteiger partial charge in [0.2, 0.25) is 0 Å². The number of nitrogens with one attached hydrogen (secondary N) is 3. The smallest absolute Gasteiger partial charge is 0.407 e. The number of hydrogen-bond donors (Lipinski definition) is 3. The summed E-state index contributed by atoms with van der Waals surface area (Å²) >= 11 is 0. The summed E-state index contributed by atoms with van der Waals surface area (Å²) in [5.41, 5.74) is 6.60. The van der Waals surface area contributed by atoms with E-state index >= 15 is 0 Å². The van der Waals surface area contributed by atoms with Crippen molar-refractivity contribution in [2.24, 2.45) is 0 Å². The maximum Gasteiger partial charge on any atom is 0.407 e. The number of carbonyl (C=O) groups is 2. The van der Waals surface area contributed by atoms with Gasteiger partial charge in [0.25, 0.3) is 0 Å². The van der Waals surface area contributed by atoms with E-state index in [-0.39, 0.29) is 49.5 Å². The van der Waals surface area contributed by atoms with Gasteiger partial charge >= 0.3 is 12.1 Å². The highest BCUT2D eigenvalue weighted by Gasteiger charge is 2.55. The third-order valence-corrected chi connectivity index (χ3v) is 12.7. The Morgan fingerprint density at radius 1 is 0.933 bits per heavy atom. The molecule has 5 atom stereocenters. The molecule has 0 aromatic heterocycles. The van der Waals surface area contributed by atoms with Crippen molar-refractivity contribution in [1.82, 2.24) is 20.9 Å². The standard InChI is InChI=1S/C46H64N4O10/c1-30-40-41(33-12-6-7-13-34(33)43(40)46(2)58-29-59-46)42(44(51)55-5)35(49-30)28-56-25-22-47-20-10-11-21-48-45(52)60-32-18-23-50(27-32)36-14-8-9-15-37(36)57-24-19-31-16-17-38(53-3)39(26-31)54-4/h6-7,12-13,16-17,26,32,36-37,41,43,47,49H,8-11,14-15,18-25,27-29H2,1-5H3,(H,48,52)/t32-,36-,37-,41?,43?/m1/s1. The summed E-state index contributed by atoms with van der Waals surface area (Å²) in [6.07, 6.45) is 7.61. The van der Waals surface area contributed by atoms with E-state index < -0.39 is 5.79 Å². The van der Waals surface area contributed by atoms with Gasteiger partial charge < -0.3 is 53.8 Å². The van der Waals surface area contributed by atoms with E-state index in [0.717, 1.165) is 97.6 Å². The minimum atomic E-state index is -0.797. The number of allylic oxidation sites excluding steroid dienone is 1. The number of hydrogen-bond acceptors (Lipinski definition) is 13. The number of nitrogens with zero attached hydrogens (tertiary/aromatic N) is 1. The average Bonchev–Trinajstić information content (AvgIpc) is 3.86. The Labute approximate surface area is 354 Å². The van der Waals surface area contributed by atoms with Crippen LogP contribution < -0.4 is 25.4 Å². The molecule has 3 fully saturated rings. The summed E-state index contributed by atoms with van der Waals surface area (Å²) < 4.78 is 46.4. The molecule has 60 heavy (non-hydrogen) atoms. The Kier molecular flexibility index (Phi) is 15.1. The number of alkyl carbamates (subject to hydrolysis) is 1. The molecule has 5 aliphatic rings. The maximum absolute atomic E-state index is 13.3. The van der Waals surface area contributed by atoms with Crippen LogP contribution in [0.15, 0.2) is 65.0 Å². The molecular formula is C46H64N4O10. The Hall–Kier alpha value is -4.18. The summed E-state index contributed by atoms with van der Waals surface area (Å²) in [7, 11) is 4.71. The highest BCUT2D eigenvalue weighted by molar-refractivity contribution is 5.93. The van der Waals surface area contributed by atoms with Crippen LogP contribution in [0.25, 0.3) is 0 Å². The lowest BCUT2D eigenvalue weighted by Crippen LogP contribution is -2.49. The van der Waals surface area contributed by atoms with E-state index in [0.29, 0.717) is 43.6 Å². The monoisotopic (exact) mass is 832 g/mol. The van der Waals surface area contributed by atoms with Crippen molar-refractivity contribution in [1.29, 1.82) is 0 Å². The Morgan fingerprint density at radius 3 is 2.48 bits per heavy atom. The van der Waals surface area contributed by atoms with Crippen LogP contribution in [0.4, 0.5) is 4.79 Å². The van der Waals surface area contributed by atoms with Gasteiger partial charge in [0, 0.05) is 43.8 Å². The Morgan fingerprint density at radius 2 is 1.72 bits per heavy atom. The number of carbonyl (C=O) groups excluding carboxylic acids is 2. The number of fused-ring (bicyclic) bond motifs is 3. The molecule has 7 rings (SSSR count). The largest absolute Gasteiger partial charge is 0.493 e. The van der Waals surface area contributed by atoms with E-state index in [4.69, 9.17) is 37.9 Å². The molecular weight excluding hydrogens is 769 g/mol. The van der Waals surface area contributed by atoms with E-state index in [9.17, 15) is 9.59 Å². The number of dihydropyridines is 1. The van der Waals surface area contributed by atoms with Gasteiger partial charge in [-0.1, -0.05) is 43.2 Å². The molecule has 0 bridgehead atoms. The first kappa shape index (κ1) is 43.9. The molecule has 3 N–H and O–H groups in total. The molecule has 14 nitrogen and oxygen atoms in total. The van der Waals surface area contributed by atoms with Crippen LogP contribution in [-0.2, 0) is 39.6 Å². The van der Waals surface area contributed by atoms with Gasteiger partial charge in [-0.2, -0.15) is 0 Å². The van der Waals surface area contributed by atoms with Crippen LogP contribution in [-0.4, -0.2) is 122 Å². The van der Waals surface area contributed by atoms with Gasteiger partial charge in [-0.15, -0.1) is 0 Å². The second-order valence-corrected chi connectivity index (χ2v) is 16.5. The molecule has 0 radical (unpaired) electrons. The molecule has 2 aromatic carbocycles. The van der Waals surface area contributed by atoms with Gasteiger partial charge in [0.05, 0.1) is 64.4 Å². The second-order valence-electron chi connectivity index (χ2n) is 16.5. The zero-order chi connectivity index (χ0) is 42.1. The summed E-state index contributed by atoms with van der Waals surface area (Å²) in [5.74, 6) is -0.149. The van der Waals surface area contributed by atoms with Crippen molar-refractivity contribution < 1.29 is 47.5 Å². The van der Waals surface area contributed by atoms with Crippen molar-refractivity contribution >= 4 is 12.1 Å². The number of ether oxygens (including phenoxy) is 8. The molecule has 328 valence electrons. The molecule has 2 aliphatic carbocycles. The summed E-state index contributed by atoms with van der Waals surface area (Å²) in [4.78, 5) is 28.5. The van der Waals surface area contributed by atoms with Crippen LogP contribution in [0.1, 0.15) is 87.3 Å². The molecule has 2 aromatic rings. The summed E-state index contributed by atoms with van der Waals surface area (Å²) in [6, 6.07) is 14.5. The minimum Gasteiger partial charge on any atom is -0.493 e. The van der Waals surface area contributed by atoms with Crippen LogP contribution in [0.2, 0.25) is 0 Å². The third-order valence-electron chi connectivity index (χ3n) is 12.7.